The van der Waals surface area contributed by atoms with E-state index in [2.05, 4.69) is 21.0 Å². The van der Waals surface area contributed by atoms with Crippen molar-refractivity contribution in [2.45, 2.75) is 46.4 Å². The highest BCUT2D eigenvalue weighted by Crippen LogP contribution is 2.22. The van der Waals surface area contributed by atoms with E-state index in [-0.39, 0.29) is 18.1 Å². The number of halogens is 1. The molecule has 0 spiro atoms. The van der Waals surface area contributed by atoms with Gasteiger partial charge in [-0.05, 0) is 55.8 Å². The Morgan fingerprint density at radius 2 is 1.96 bits per heavy atom. The lowest BCUT2D eigenvalue weighted by atomic mass is 10.2. The van der Waals surface area contributed by atoms with Crippen LogP contribution in [0.15, 0.2) is 21.0 Å². The summed E-state index contributed by atoms with van der Waals surface area (Å²) >= 11 is 3.52. The number of hydrogen-bond acceptors (Lipinski definition) is 4. The van der Waals surface area contributed by atoms with E-state index in [4.69, 9.17) is 9.15 Å². The average molecular weight is 396 g/mol. The Balaban J connectivity index is 1.73. The standard InChI is InChI=1S/C17H22BrN3O3/c1-10-7-20(8-11(2)23-10)17(22)15-6-5-14(24-15)9-21-13(4)16(18)12(3)19-21/h5-6,10-11H,7-9H2,1-4H3/t10-,11-/m1/s1. The van der Waals surface area contributed by atoms with Crippen LogP contribution in [-0.2, 0) is 11.3 Å². The molecule has 0 N–H and O–H groups in total. The van der Waals surface area contributed by atoms with Crippen LogP contribution in [-0.4, -0.2) is 45.9 Å². The first kappa shape index (κ1) is 17.2. The smallest absolute Gasteiger partial charge is 0.289 e. The minimum absolute atomic E-state index is 0.0409. The van der Waals surface area contributed by atoms with Gasteiger partial charge in [0.2, 0.25) is 0 Å². The maximum atomic E-state index is 12.6. The van der Waals surface area contributed by atoms with Crippen molar-refractivity contribution < 1.29 is 13.9 Å². The van der Waals surface area contributed by atoms with Gasteiger partial charge in [-0.15, -0.1) is 0 Å². The largest absolute Gasteiger partial charge is 0.454 e. The third-order valence-corrected chi connectivity index (χ3v) is 5.33. The Morgan fingerprint density at radius 3 is 2.54 bits per heavy atom. The van der Waals surface area contributed by atoms with Crippen LogP contribution in [0.25, 0.3) is 0 Å². The van der Waals surface area contributed by atoms with Crippen LogP contribution >= 0.6 is 15.9 Å². The van der Waals surface area contributed by atoms with Crippen molar-refractivity contribution in [1.29, 1.82) is 0 Å². The topological polar surface area (TPSA) is 60.5 Å². The lowest BCUT2D eigenvalue weighted by molar-refractivity contribution is -0.0592. The number of rotatable bonds is 3. The zero-order valence-corrected chi connectivity index (χ0v) is 16.0. The third-order valence-electron chi connectivity index (χ3n) is 4.18. The van der Waals surface area contributed by atoms with E-state index < -0.39 is 0 Å². The summed E-state index contributed by atoms with van der Waals surface area (Å²) < 4.78 is 14.3. The molecule has 7 heteroatoms. The van der Waals surface area contributed by atoms with Crippen molar-refractivity contribution >= 4 is 21.8 Å². The number of furan rings is 1. The Hall–Kier alpha value is -1.60. The molecule has 0 unspecified atom stereocenters. The highest BCUT2D eigenvalue weighted by Gasteiger charge is 2.28. The summed E-state index contributed by atoms with van der Waals surface area (Å²) in [5.74, 6) is 0.996. The van der Waals surface area contributed by atoms with Crippen LogP contribution < -0.4 is 0 Å². The minimum atomic E-state index is -0.0854. The molecule has 0 bridgehead atoms. The molecule has 24 heavy (non-hydrogen) atoms. The van der Waals surface area contributed by atoms with E-state index in [9.17, 15) is 4.79 Å². The van der Waals surface area contributed by atoms with Gasteiger partial charge in [0.05, 0.1) is 34.6 Å². The van der Waals surface area contributed by atoms with Gasteiger partial charge in [0.25, 0.3) is 5.91 Å². The second-order valence-corrected chi connectivity index (χ2v) is 7.17. The summed E-state index contributed by atoms with van der Waals surface area (Å²) in [5, 5.41) is 4.47. The lowest BCUT2D eigenvalue weighted by Gasteiger charge is -2.34. The molecule has 1 fully saturated rings. The van der Waals surface area contributed by atoms with Gasteiger partial charge in [0.15, 0.2) is 5.76 Å². The predicted octanol–water partition coefficient (Wildman–Crippen LogP) is 3.15. The van der Waals surface area contributed by atoms with Crippen molar-refractivity contribution in [2.24, 2.45) is 0 Å². The molecule has 2 aromatic rings. The van der Waals surface area contributed by atoms with E-state index >= 15 is 0 Å². The molecule has 2 atom stereocenters. The molecule has 130 valence electrons. The second kappa shape index (κ2) is 6.72. The molecule has 1 saturated heterocycles. The van der Waals surface area contributed by atoms with E-state index in [1.165, 1.54) is 0 Å². The Labute approximate surface area is 149 Å². The van der Waals surface area contributed by atoms with Crippen LogP contribution in [0.3, 0.4) is 0 Å². The van der Waals surface area contributed by atoms with Gasteiger partial charge >= 0.3 is 0 Å². The van der Waals surface area contributed by atoms with Crippen LogP contribution in [0, 0.1) is 13.8 Å². The fourth-order valence-electron chi connectivity index (χ4n) is 3.05. The number of hydrogen-bond donors (Lipinski definition) is 0. The number of amides is 1. The summed E-state index contributed by atoms with van der Waals surface area (Å²) in [6.45, 7) is 9.57. The molecule has 6 nitrogen and oxygen atoms in total. The predicted molar refractivity (Wildman–Crippen MR) is 93.1 cm³/mol. The van der Waals surface area contributed by atoms with E-state index in [0.717, 1.165) is 15.9 Å². The number of carbonyl (C=O) groups excluding carboxylic acids is 1. The molecule has 1 amide bonds. The molecule has 0 radical (unpaired) electrons. The zero-order valence-electron chi connectivity index (χ0n) is 14.4. The van der Waals surface area contributed by atoms with Crippen LogP contribution in [0.5, 0.6) is 0 Å². The molecule has 0 saturated carbocycles. The fraction of sp³-hybridized carbons (Fsp3) is 0.529. The van der Waals surface area contributed by atoms with Gasteiger partial charge < -0.3 is 14.1 Å². The normalized spacial score (nSPS) is 21.3. The molecule has 3 heterocycles. The molecule has 3 rings (SSSR count). The first-order valence-corrected chi connectivity index (χ1v) is 8.87. The summed E-state index contributed by atoms with van der Waals surface area (Å²) in [5.41, 5.74) is 1.97. The average Bonchev–Trinajstić information content (AvgIpc) is 3.07. The number of morpholine rings is 1. The van der Waals surface area contributed by atoms with E-state index in [0.29, 0.717) is 31.2 Å². The van der Waals surface area contributed by atoms with Gasteiger partial charge in [-0.25, -0.2) is 0 Å². The molecule has 0 aliphatic carbocycles. The summed E-state index contributed by atoms with van der Waals surface area (Å²) in [4.78, 5) is 14.4. The monoisotopic (exact) mass is 395 g/mol. The number of aromatic nitrogens is 2. The first-order valence-electron chi connectivity index (χ1n) is 8.08. The lowest BCUT2D eigenvalue weighted by Crippen LogP contribution is -2.48. The maximum absolute atomic E-state index is 12.6. The quantitative estimate of drug-likeness (QED) is 0.800. The Bertz CT molecular complexity index is 742. The molecular formula is C17H22BrN3O3. The van der Waals surface area contributed by atoms with Gasteiger partial charge in [-0.3, -0.25) is 9.48 Å². The van der Waals surface area contributed by atoms with Crippen molar-refractivity contribution in [1.82, 2.24) is 14.7 Å². The van der Waals surface area contributed by atoms with Crippen molar-refractivity contribution in [2.75, 3.05) is 13.1 Å². The second-order valence-electron chi connectivity index (χ2n) is 6.38. The SMILES string of the molecule is Cc1nn(Cc2ccc(C(=O)N3C[C@@H](C)O[C@H](C)C3)o2)c(C)c1Br. The number of carbonyl (C=O) groups is 1. The molecule has 0 aromatic carbocycles. The Kier molecular flexibility index (Phi) is 4.83. The maximum Gasteiger partial charge on any atom is 0.289 e. The fourth-order valence-corrected chi connectivity index (χ4v) is 3.34. The van der Waals surface area contributed by atoms with Crippen molar-refractivity contribution in [3.63, 3.8) is 0 Å². The van der Waals surface area contributed by atoms with Crippen LogP contribution in [0.1, 0.15) is 41.6 Å². The zero-order chi connectivity index (χ0) is 17.4. The summed E-state index contributed by atoms with van der Waals surface area (Å²) in [7, 11) is 0. The number of ether oxygens (including phenoxy) is 1. The summed E-state index contributed by atoms with van der Waals surface area (Å²) in [6.07, 6.45) is 0.0818. The van der Waals surface area contributed by atoms with Crippen molar-refractivity contribution in [3.8, 4) is 0 Å². The van der Waals surface area contributed by atoms with Crippen LogP contribution in [0.4, 0.5) is 0 Å². The third kappa shape index (κ3) is 3.42. The highest BCUT2D eigenvalue weighted by atomic mass is 79.9. The summed E-state index contributed by atoms with van der Waals surface area (Å²) in [6, 6.07) is 3.58. The van der Waals surface area contributed by atoms with Gasteiger partial charge in [0.1, 0.15) is 5.76 Å². The van der Waals surface area contributed by atoms with Crippen LogP contribution in [0.2, 0.25) is 0 Å². The number of nitrogens with zero attached hydrogens (tertiary/aromatic N) is 3. The first-order chi connectivity index (χ1) is 11.3. The van der Waals surface area contributed by atoms with E-state index in [1.807, 2.05) is 38.4 Å². The molecular weight excluding hydrogens is 374 g/mol. The highest BCUT2D eigenvalue weighted by molar-refractivity contribution is 9.10. The minimum Gasteiger partial charge on any atom is -0.454 e. The molecule has 2 aromatic heterocycles. The van der Waals surface area contributed by atoms with Gasteiger partial charge in [-0.1, -0.05) is 0 Å². The molecule has 1 aliphatic rings. The van der Waals surface area contributed by atoms with Crippen molar-refractivity contribution in [3.05, 3.63) is 39.5 Å². The Morgan fingerprint density at radius 1 is 1.29 bits per heavy atom. The molecule has 1 aliphatic heterocycles. The van der Waals surface area contributed by atoms with E-state index in [1.54, 1.807) is 11.0 Å². The van der Waals surface area contributed by atoms with Gasteiger partial charge in [0, 0.05) is 13.1 Å². The van der Waals surface area contributed by atoms with Gasteiger partial charge in [-0.2, -0.15) is 5.10 Å². The number of aryl methyl sites for hydroxylation is 1.